The van der Waals surface area contributed by atoms with E-state index in [1.165, 1.54) is 18.2 Å². The van der Waals surface area contributed by atoms with Gasteiger partial charge in [-0.15, -0.1) is 0 Å². The molecule has 0 radical (unpaired) electrons. The van der Waals surface area contributed by atoms with E-state index in [-0.39, 0.29) is 12.1 Å². The van der Waals surface area contributed by atoms with Crippen LogP contribution in [-0.2, 0) is 10.5 Å². The topological polar surface area (TPSA) is 116 Å². The molecule has 10 heteroatoms. The van der Waals surface area contributed by atoms with E-state index in [0.29, 0.717) is 11.3 Å². The van der Waals surface area contributed by atoms with Crippen molar-refractivity contribution in [2.75, 3.05) is 6.54 Å². The normalized spacial score (nSPS) is 10.6. The molecule has 0 saturated heterocycles. The van der Waals surface area contributed by atoms with Crippen LogP contribution >= 0.6 is 11.8 Å². The van der Waals surface area contributed by atoms with Crippen LogP contribution in [0.1, 0.15) is 26.3 Å². The number of carbonyl (C=O) groups is 3. The lowest BCUT2D eigenvalue weighted by molar-refractivity contribution is -0.120. The second-order valence-corrected chi connectivity index (χ2v) is 8.20. The Hall–Kier alpha value is -4.18. The molecule has 172 valence electrons. The Balaban J connectivity index is 1.21. The Morgan fingerprint density at radius 2 is 1.68 bits per heavy atom. The van der Waals surface area contributed by atoms with Crippen LogP contribution in [-0.4, -0.2) is 34.2 Å². The summed E-state index contributed by atoms with van der Waals surface area (Å²) in [5.41, 5.74) is 7.87. The van der Waals surface area contributed by atoms with Crippen molar-refractivity contribution in [2.24, 2.45) is 0 Å². The standard InChI is InChI=1S/C24H20FN5O3S/c25-18-5-3-4-17(12-18)22(32)26-13-21(31)29-30-23(33)16-10-8-15(9-11-16)14-34-24-27-19-6-1-2-7-20(19)28-24/h1-12H,13-14H2,(H,26,32)(H,27,28)(H,29,31)(H,30,33). The van der Waals surface area contributed by atoms with Gasteiger partial charge in [0.1, 0.15) is 5.82 Å². The molecule has 8 nitrogen and oxygen atoms in total. The lowest BCUT2D eigenvalue weighted by atomic mass is 10.1. The van der Waals surface area contributed by atoms with Crippen molar-refractivity contribution >= 4 is 40.5 Å². The lowest BCUT2D eigenvalue weighted by Gasteiger charge is -2.09. The van der Waals surface area contributed by atoms with Crippen LogP contribution in [0.25, 0.3) is 11.0 Å². The summed E-state index contributed by atoms with van der Waals surface area (Å²) in [6.45, 7) is -0.381. The number of benzene rings is 3. The molecule has 0 unspecified atom stereocenters. The third-order valence-electron chi connectivity index (χ3n) is 4.77. The highest BCUT2D eigenvalue weighted by Crippen LogP contribution is 2.23. The summed E-state index contributed by atoms with van der Waals surface area (Å²) in [5, 5.41) is 3.17. The fourth-order valence-electron chi connectivity index (χ4n) is 3.04. The van der Waals surface area contributed by atoms with Gasteiger partial charge in [0.05, 0.1) is 17.6 Å². The number of aromatic amines is 1. The minimum atomic E-state index is -0.628. The van der Waals surface area contributed by atoms with Gasteiger partial charge in [0.2, 0.25) is 0 Å². The van der Waals surface area contributed by atoms with E-state index in [1.54, 1.807) is 23.9 Å². The smallest absolute Gasteiger partial charge is 0.269 e. The van der Waals surface area contributed by atoms with Crippen molar-refractivity contribution in [3.05, 3.63) is 95.3 Å². The third-order valence-corrected chi connectivity index (χ3v) is 5.72. The van der Waals surface area contributed by atoms with Crippen molar-refractivity contribution in [3.8, 4) is 0 Å². The molecule has 0 aliphatic carbocycles. The molecule has 0 aliphatic rings. The minimum Gasteiger partial charge on any atom is -0.343 e. The summed E-state index contributed by atoms with van der Waals surface area (Å²) in [6.07, 6.45) is 0. The number of hydrazine groups is 1. The number of aromatic nitrogens is 2. The Kier molecular flexibility index (Phi) is 7.19. The van der Waals surface area contributed by atoms with Gasteiger partial charge in [-0.2, -0.15) is 0 Å². The summed E-state index contributed by atoms with van der Waals surface area (Å²) in [5.74, 6) is -1.61. The van der Waals surface area contributed by atoms with Crippen molar-refractivity contribution in [1.29, 1.82) is 0 Å². The van der Waals surface area contributed by atoms with Gasteiger partial charge >= 0.3 is 0 Å². The van der Waals surface area contributed by atoms with E-state index >= 15 is 0 Å². The van der Waals surface area contributed by atoms with Crippen LogP contribution in [0.15, 0.2) is 78.0 Å². The van der Waals surface area contributed by atoms with Gasteiger partial charge in [0.25, 0.3) is 17.7 Å². The summed E-state index contributed by atoms with van der Waals surface area (Å²) < 4.78 is 13.2. The van der Waals surface area contributed by atoms with Crippen LogP contribution in [0.2, 0.25) is 0 Å². The molecular formula is C24H20FN5O3S. The zero-order valence-corrected chi connectivity index (χ0v) is 18.6. The second-order valence-electron chi connectivity index (χ2n) is 7.24. The molecule has 4 aromatic rings. The van der Waals surface area contributed by atoms with E-state index < -0.39 is 23.5 Å². The van der Waals surface area contributed by atoms with Crippen molar-refractivity contribution in [2.45, 2.75) is 10.9 Å². The first-order valence-electron chi connectivity index (χ1n) is 10.3. The SMILES string of the molecule is O=C(CNC(=O)c1cccc(F)c1)NNC(=O)c1ccc(CSc2nc3ccccc3[nH]2)cc1. The summed E-state index contributed by atoms with van der Waals surface area (Å²) in [7, 11) is 0. The van der Waals surface area contributed by atoms with E-state index in [0.717, 1.165) is 27.8 Å². The maximum Gasteiger partial charge on any atom is 0.269 e. The Labute approximate surface area is 198 Å². The van der Waals surface area contributed by atoms with Crippen LogP contribution < -0.4 is 16.2 Å². The first-order chi connectivity index (χ1) is 16.5. The van der Waals surface area contributed by atoms with Crippen LogP contribution in [0.5, 0.6) is 0 Å². The predicted octanol–water partition coefficient (Wildman–Crippen LogP) is 3.19. The number of imidazole rings is 1. The molecule has 4 N–H and O–H groups in total. The molecule has 0 bridgehead atoms. The Bertz CT molecular complexity index is 1310. The number of amides is 3. The first-order valence-corrected chi connectivity index (χ1v) is 11.3. The zero-order chi connectivity index (χ0) is 23.9. The largest absolute Gasteiger partial charge is 0.343 e. The van der Waals surface area contributed by atoms with Gasteiger partial charge < -0.3 is 10.3 Å². The number of nitrogens with zero attached hydrogens (tertiary/aromatic N) is 1. The lowest BCUT2D eigenvalue weighted by Crippen LogP contribution is -2.46. The molecule has 4 rings (SSSR count). The van der Waals surface area contributed by atoms with Crippen molar-refractivity contribution in [1.82, 2.24) is 26.1 Å². The fourth-order valence-corrected chi connectivity index (χ4v) is 3.88. The molecular weight excluding hydrogens is 457 g/mol. The molecule has 34 heavy (non-hydrogen) atoms. The number of para-hydroxylation sites is 2. The molecule has 1 aromatic heterocycles. The highest BCUT2D eigenvalue weighted by molar-refractivity contribution is 7.98. The fraction of sp³-hybridized carbons (Fsp3) is 0.0833. The predicted molar refractivity (Wildman–Crippen MR) is 126 cm³/mol. The number of nitrogens with one attached hydrogen (secondary N) is 4. The number of rotatable bonds is 7. The average Bonchev–Trinajstić information content (AvgIpc) is 3.28. The molecule has 0 fully saturated rings. The Morgan fingerprint density at radius 1 is 0.882 bits per heavy atom. The highest BCUT2D eigenvalue weighted by atomic mass is 32.2. The number of fused-ring (bicyclic) bond motifs is 1. The number of halogens is 1. The van der Waals surface area contributed by atoms with Gasteiger partial charge in [-0.05, 0) is 48.0 Å². The summed E-state index contributed by atoms with van der Waals surface area (Å²) in [4.78, 5) is 43.9. The number of hydrogen-bond donors (Lipinski definition) is 4. The van der Waals surface area contributed by atoms with E-state index in [2.05, 4.69) is 26.1 Å². The van der Waals surface area contributed by atoms with Crippen molar-refractivity contribution < 1.29 is 18.8 Å². The number of thioether (sulfide) groups is 1. The average molecular weight is 478 g/mol. The zero-order valence-electron chi connectivity index (χ0n) is 17.8. The highest BCUT2D eigenvalue weighted by Gasteiger charge is 2.11. The van der Waals surface area contributed by atoms with Gasteiger partial charge in [-0.1, -0.05) is 42.1 Å². The Morgan fingerprint density at radius 3 is 2.44 bits per heavy atom. The van der Waals surface area contributed by atoms with Gasteiger partial charge in [0, 0.05) is 16.9 Å². The molecule has 0 spiro atoms. The molecule has 0 atom stereocenters. The van der Waals surface area contributed by atoms with E-state index in [4.69, 9.17) is 0 Å². The molecule has 0 aliphatic heterocycles. The van der Waals surface area contributed by atoms with E-state index in [9.17, 15) is 18.8 Å². The minimum absolute atomic E-state index is 0.0930. The van der Waals surface area contributed by atoms with Gasteiger partial charge in [-0.3, -0.25) is 25.2 Å². The van der Waals surface area contributed by atoms with Crippen LogP contribution in [0, 0.1) is 5.82 Å². The first kappa shape index (κ1) is 23.0. The number of H-pyrrole nitrogens is 1. The van der Waals surface area contributed by atoms with Gasteiger partial charge in [0.15, 0.2) is 5.16 Å². The maximum absolute atomic E-state index is 13.2. The molecule has 0 saturated carbocycles. The molecule has 3 amide bonds. The molecule has 3 aromatic carbocycles. The third kappa shape index (κ3) is 5.99. The summed E-state index contributed by atoms with van der Waals surface area (Å²) in [6, 6.07) is 19.9. The van der Waals surface area contributed by atoms with Crippen LogP contribution in [0.3, 0.4) is 0 Å². The van der Waals surface area contributed by atoms with Gasteiger partial charge in [-0.25, -0.2) is 9.37 Å². The second kappa shape index (κ2) is 10.6. The quantitative estimate of drug-likeness (QED) is 0.241. The van der Waals surface area contributed by atoms with Crippen molar-refractivity contribution in [3.63, 3.8) is 0 Å². The maximum atomic E-state index is 13.2. The van der Waals surface area contributed by atoms with E-state index in [1.807, 2.05) is 36.4 Å². The molecule has 1 heterocycles. The van der Waals surface area contributed by atoms with Crippen LogP contribution in [0.4, 0.5) is 4.39 Å². The number of hydrogen-bond acceptors (Lipinski definition) is 5. The monoisotopic (exact) mass is 477 g/mol. The number of carbonyl (C=O) groups excluding carboxylic acids is 3. The summed E-state index contributed by atoms with van der Waals surface area (Å²) >= 11 is 1.56.